The molecule has 2 aliphatic rings. The lowest BCUT2D eigenvalue weighted by atomic mass is 9.94. The van der Waals surface area contributed by atoms with Crippen molar-refractivity contribution in [3.8, 4) is 0 Å². The number of likely N-dealkylation sites (N-methyl/N-ethyl adjacent to an activating group) is 1. The van der Waals surface area contributed by atoms with Crippen LogP contribution >= 0.6 is 0 Å². The summed E-state index contributed by atoms with van der Waals surface area (Å²) in [6, 6.07) is 0.0504. The van der Waals surface area contributed by atoms with Crippen molar-refractivity contribution in [2.45, 2.75) is 52.6 Å². The fourth-order valence-corrected chi connectivity index (χ4v) is 4.30. The molecule has 1 atom stereocenters. The molecular formula is C25H39N5O3. The minimum Gasteiger partial charge on any atom is -0.501 e. The van der Waals surface area contributed by atoms with Crippen LogP contribution in [0.4, 0.5) is 5.82 Å². The minimum atomic E-state index is -0.266. The molecule has 2 heterocycles. The number of anilines is 1. The summed E-state index contributed by atoms with van der Waals surface area (Å²) in [4.78, 5) is 34.9. The first-order chi connectivity index (χ1) is 15.7. The van der Waals surface area contributed by atoms with Crippen LogP contribution in [0.5, 0.6) is 0 Å². The highest BCUT2D eigenvalue weighted by Crippen LogP contribution is 2.28. The van der Waals surface area contributed by atoms with Crippen molar-refractivity contribution in [2.75, 3.05) is 46.2 Å². The number of allylic oxidation sites excluding steroid dienone is 4. The van der Waals surface area contributed by atoms with Crippen LogP contribution in [0.15, 0.2) is 28.9 Å². The van der Waals surface area contributed by atoms with Gasteiger partial charge in [-0.2, -0.15) is 0 Å². The van der Waals surface area contributed by atoms with Crippen LogP contribution < -0.4 is 10.9 Å². The molecule has 0 saturated carbocycles. The van der Waals surface area contributed by atoms with Gasteiger partial charge in [0.05, 0.1) is 24.8 Å². The Morgan fingerprint density at radius 1 is 1.33 bits per heavy atom. The van der Waals surface area contributed by atoms with Crippen LogP contribution in [0.3, 0.4) is 0 Å². The summed E-state index contributed by atoms with van der Waals surface area (Å²) in [7, 11) is 5.56. The summed E-state index contributed by atoms with van der Waals surface area (Å²) < 4.78 is 7.05. The number of rotatable bonds is 8. The summed E-state index contributed by atoms with van der Waals surface area (Å²) in [6.45, 7) is 8.85. The van der Waals surface area contributed by atoms with Gasteiger partial charge in [-0.05, 0) is 70.3 Å². The Labute approximate surface area is 197 Å². The monoisotopic (exact) mass is 457 g/mol. The van der Waals surface area contributed by atoms with Gasteiger partial charge in [-0.3, -0.25) is 14.2 Å². The highest BCUT2D eigenvalue weighted by molar-refractivity contribution is 5.78. The molecule has 3 rings (SSSR count). The number of amides is 1. The molecule has 1 saturated heterocycles. The van der Waals surface area contributed by atoms with Crippen LogP contribution in [0.2, 0.25) is 0 Å². The van der Waals surface area contributed by atoms with Crippen molar-refractivity contribution in [2.24, 2.45) is 11.8 Å². The fourth-order valence-electron chi connectivity index (χ4n) is 4.30. The molecule has 1 fully saturated rings. The second kappa shape index (κ2) is 11.0. The number of ether oxygens (including phenoxy) is 1. The normalized spacial score (nSPS) is 19.8. The summed E-state index contributed by atoms with van der Waals surface area (Å²) >= 11 is 0. The molecule has 1 aliphatic heterocycles. The number of carbonyl (C=O) groups is 1. The number of likely N-dealkylation sites (tertiary alicyclic amines) is 1. The van der Waals surface area contributed by atoms with E-state index < -0.39 is 0 Å². The van der Waals surface area contributed by atoms with E-state index in [1.807, 2.05) is 19.9 Å². The predicted octanol–water partition coefficient (Wildman–Crippen LogP) is 2.82. The van der Waals surface area contributed by atoms with Gasteiger partial charge in [-0.15, -0.1) is 0 Å². The Hall–Kier alpha value is -2.61. The van der Waals surface area contributed by atoms with Gasteiger partial charge in [0.2, 0.25) is 5.91 Å². The van der Waals surface area contributed by atoms with Gasteiger partial charge in [0.1, 0.15) is 6.54 Å². The summed E-state index contributed by atoms with van der Waals surface area (Å²) in [6.07, 6.45) is 8.76. The van der Waals surface area contributed by atoms with Crippen LogP contribution in [0.25, 0.3) is 5.57 Å². The van der Waals surface area contributed by atoms with Gasteiger partial charge in [0.25, 0.3) is 5.56 Å². The molecule has 1 aromatic heterocycles. The van der Waals surface area contributed by atoms with E-state index in [-0.39, 0.29) is 30.0 Å². The lowest BCUT2D eigenvalue weighted by Gasteiger charge is -2.29. The third-order valence-corrected chi connectivity index (χ3v) is 6.77. The summed E-state index contributed by atoms with van der Waals surface area (Å²) in [5.41, 5.74) is 1.23. The average molecular weight is 458 g/mol. The SMILES string of the molecule is COC1=CC(c2cnc(NCC3CCN(C)CC3)c(=O)n2CC(=O)N(C)C(C)C)=CC(C)C1. The Morgan fingerprint density at radius 3 is 2.67 bits per heavy atom. The number of nitrogens with zero attached hydrogens (tertiary/aromatic N) is 4. The molecule has 1 aromatic rings. The quantitative estimate of drug-likeness (QED) is 0.647. The second-order valence-corrected chi connectivity index (χ2v) is 9.73. The van der Waals surface area contributed by atoms with Crippen LogP contribution in [0, 0.1) is 11.8 Å². The number of aromatic nitrogens is 2. The maximum atomic E-state index is 13.5. The van der Waals surface area contributed by atoms with E-state index in [0.717, 1.165) is 43.7 Å². The lowest BCUT2D eigenvalue weighted by Crippen LogP contribution is -2.39. The van der Waals surface area contributed by atoms with E-state index in [2.05, 4.69) is 35.2 Å². The Kier molecular flexibility index (Phi) is 8.35. The van der Waals surface area contributed by atoms with E-state index >= 15 is 0 Å². The first kappa shape index (κ1) is 25.0. The maximum Gasteiger partial charge on any atom is 0.294 e. The Bertz CT molecular complexity index is 957. The number of carbonyl (C=O) groups excluding carboxylic acids is 1. The molecule has 0 bridgehead atoms. The highest BCUT2D eigenvalue weighted by Gasteiger charge is 2.22. The molecular weight excluding hydrogens is 418 g/mol. The molecule has 0 aromatic carbocycles. The number of nitrogens with one attached hydrogen (secondary N) is 1. The number of piperidine rings is 1. The van der Waals surface area contributed by atoms with Crippen LogP contribution in [-0.4, -0.2) is 72.1 Å². The zero-order valence-corrected chi connectivity index (χ0v) is 20.9. The van der Waals surface area contributed by atoms with Crippen molar-refractivity contribution in [3.05, 3.63) is 40.2 Å². The first-order valence-electron chi connectivity index (χ1n) is 11.9. The number of hydrogen-bond acceptors (Lipinski definition) is 6. The third-order valence-electron chi connectivity index (χ3n) is 6.77. The molecule has 0 radical (unpaired) electrons. The fraction of sp³-hybridized carbons (Fsp3) is 0.640. The van der Waals surface area contributed by atoms with Gasteiger partial charge in [-0.1, -0.05) is 13.0 Å². The average Bonchev–Trinajstić information content (AvgIpc) is 2.79. The smallest absolute Gasteiger partial charge is 0.294 e. The van der Waals surface area contributed by atoms with Gasteiger partial charge in [0.15, 0.2) is 5.82 Å². The van der Waals surface area contributed by atoms with Crippen LogP contribution in [0.1, 0.15) is 45.7 Å². The van der Waals surface area contributed by atoms with Gasteiger partial charge in [0, 0.05) is 26.1 Å². The highest BCUT2D eigenvalue weighted by atomic mass is 16.5. The standard InChI is InChI=1S/C25H39N5O3/c1-17(2)29(5)23(31)16-30-22(20-11-18(3)12-21(13-20)33-6)15-27-24(25(30)32)26-14-19-7-9-28(4)10-8-19/h11,13,15,17-19H,7-10,12,14,16H2,1-6H3,(H,26,27). The van der Waals surface area contributed by atoms with E-state index in [1.54, 1.807) is 29.8 Å². The van der Waals surface area contributed by atoms with Gasteiger partial charge in [-0.25, -0.2) is 4.98 Å². The molecule has 1 amide bonds. The van der Waals surface area contributed by atoms with Crippen molar-refractivity contribution in [1.29, 1.82) is 0 Å². The third kappa shape index (κ3) is 6.25. The van der Waals surface area contributed by atoms with Crippen molar-refractivity contribution < 1.29 is 9.53 Å². The molecule has 33 heavy (non-hydrogen) atoms. The molecule has 1 N–H and O–H groups in total. The topological polar surface area (TPSA) is 79.7 Å². The number of hydrogen-bond donors (Lipinski definition) is 1. The second-order valence-electron chi connectivity index (χ2n) is 9.73. The Balaban J connectivity index is 1.92. The van der Waals surface area contributed by atoms with E-state index in [9.17, 15) is 9.59 Å². The molecule has 1 aliphatic carbocycles. The first-order valence-corrected chi connectivity index (χ1v) is 11.9. The van der Waals surface area contributed by atoms with Gasteiger partial charge < -0.3 is 19.9 Å². The van der Waals surface area contributed by atoms with E-state index in [1.165, 1.54) is 0 Å². The van der Waals surface area contributed by atoms with Crippen molar-refractivity contribution >= 4 is 17.3 Å². The maximum absolute atomic E-state index is 13.5. The van der Waals surface area contributed by atoms with E-state index in [4.69, 9.17) is 4.74 Å². The molecule has 8 nitrogen and oxygen atoms in total. The molecule has 182 valence electrons. The van der Waals surface area contributed by atoms with Crippen molar-refractivity contribution in [3.63, 3.8) is 0 Å². The number of methoxy groups -OCH3 is 1. The summed E-state index contributed by atoms with van der Waals surface area (Å²) in [5, 5.41) is 3.27. The molecule has 1 unspecified atom stereocenters. The van der Waals surface area contributed by atoms with Crippen LogP contribution in [-0.2, 0) is 16.1 Å². The lowest BCUT2D eigenvalue weighted by molar-refractivity contribution is -0.132. The summed E-state index contributed by atoms with van der Waals surface area (Å²) in [5.74, 6) is 1.83. The van der Waals surface area contributed by atoms with Crippen molar-refractivity contribution in [1.82, 2.24) is 19.4 Å². The minimum absolute atomic E-state index is 0.0316. The Morgan fingerprint density at radius 2 is 2.03 bits per heavy atom. The van der Waals surface area contributed by atoms with E-state index in [0.29, 0.717) is 24.0 Å². The molecule has 8 heteroatoms. The van der Waals surface area contributed by atoms with Gasteiger partial charge >= 0.3 is 0 Å². The molecule has 0 spiro atoms. The zero-order chi connectivity index (χ0) is 24.1. The predicted molar refractivity (Wildman–Crippen MR) is 132 cm³/mol. The largest absolute Gasteiger partial charge is 0.501 e. The zero-order valence-electron chi connectivity index (χ0n) is 20.9.